The highest BCUT2D eigenvalue weighted by molar-refractivity contribution is 5.74. The Bertz CT molecular complexity index is 284. The van der Waals surface area contributed by atoms with Crippen LogP contribution in [0.3, 0.4) is 0 Å². The van der Waals surface area contributed by atoms with E-state index in [0.717, 1.165) is 5.56 Å². The number of carbonyl (C=O) groups excluding carboxylic acids is 1. The maximum absolute atomic E-state index is 10.9. The van der Waals surface area contributed by atoms with Gasteiger partial charge in [-0.3, -0.25) is 4.98 Å². The Labute approximate surface area is 76.7 Å². The maximum Gasteiger partial charge on any atom is 0.319 e. The van der Waals surface area contributed by atoms with E-state index < -0.39 is 0 Å². The van der Waals surface area contributed by atoms with Gasteiger partial charge in [-0.1, -0.05) is 12.6 Å². The Morgan fingerprint density at radius 3 is 3.15 bits per heavy atom. The Morgan fingerprint density at radius 1 is 1.69 bits per heavy atom. The van der Waals surface area contributed by atoms with E-state index in [4.69, 9.17) is 0 Å². The summed E-state index contributed by atoms with van der Waals surface area (Å²) in [5, 5.41) is 5.05. The topological polar surface area (TPSA) is 54.0 Å². The average Bonchev–Trinajstić information content (AvgIpc) is 2.17. The molecule has 0 radical (unpaired) electrons. The lowest BCUT2D eigenvalue weighted by Gasteiger charge is -2.03. The minimum Gasteiger partial charge on any atom is -0.334 e. The molecule has 0 spiro atoms. The summed E-state index contributed by atoms with van der Waals surface area (Å²) in [7, 11) is 0. The standard InChI is InChI=1S/C9H11N3O/c1-2-11-9(13)12-7-8-4-3-5-10-6-8/h2-6H,1,7H2,(H2,11,12,13). The molecule has 1 rings (SSSR count). The molecule has 4 nitrogen and oxygen atoms in total. The van der Waals surface area contributed by atoms with Crippen molar-refractivity contribution in [3.63, 3.8) is 0 Å². The van der Waals surface area contributed by atoms with Crippen molar-refractivity contribution in [1.29, 1.82) is 0 Å². The van der Waals surface area contributed by atoms with Gasteiger partial charge in [-0.25, -0.2) is 4.79 Å². The van der Waals surface area contributed by atoms with Crippen molar-refractivity contribution in [2.45, 2.75) is 6.54 Å². The van der Waals surface area contributed by atoms with Gasteiger partial charge in [0, 0.05) is 18.9 Å². The molecule has 4 heteroatoms. The van der Waals surface area contributed by atoms with Gasteiger partial charge in [0.05, 0.1) is 0 Å². The molecule has 0 aromatic carbocycles. The Hall–Kier alpha value is -1.84. The molecule has 2 amide bonds. The fourth-order valence-electron chi connectivity index (χ4n) is 0.829. The minimum absolute atomic E-state index is 0.265. The summed E-state index contributed by atoms with van der Waals surface area (Å²) in [6, 6.07) is 3.45. The van der Waals surface area contributed by atoms with Crippen molar-refractivity contribution in [3.05, 3.63) is 42.9 Å². The highest BCUT2D eigenvalue weighted by Gasteiger charge is 1.96. The molecule has 0 atom stereocenters. The molecule has 1 aromatic rings. The third-order valence-electron chi connectivity index (χ3n) is 1.41. The molecule has 13 heavy (non-hydrogen) atoms. The Morgan fingerprint density at radius 2 is 2.54 bits per heavy atom. The number of amides is 2. The van der Waals surface area contributed by atoms with Crippen molar-refractivity contribution in [3.8, 4) is 0 Å². The fraction of sp³-hybridized carbons (Fsp3) is 0.111. The third-order valence-corrected chi connectivity index (χ3v) is 1.41. The summed E-state index contributed by atoms with van der Waals surface area (Å²) < 4.78 is 0. The monoisotopic (exact) mass is 177 g/mol. The predicted molar refractivity (Wildman–Crippen MR) is 49.8 cm³/mol. The van der Waals surface area contributed by atoms with Crippen LogP contribution in [0.4, 0.5) is 4.79 Å². The van der Waals surface area contributed by atoms with Crippen LogP contribution in [-0.4, -0.2) is 11.0 Å². The van der Waals surface area contributed by atoms with Crippen LogP contribution in [0.5, 0.6) is 0 Å². The predicted octanol–water partition coefficient (Wildman–Crippen LogP) is 1.02. The van der Waals surface area contributed by atoms with Gasteiger partial charge in [0.15, 0.2) is 0 Å². The third kappa shape index (κ3) is 3.37. The van der Waals surface area contributed by atoms with Crippen LogP contribution in [0, 0.1) is 0 Å². The highest BCUT2D eigenvalue weighted by Crippen LogP contribution is 1.93. The van der Waals surface area contributed by atoms with E-state index in [-0.39, 0.29) is 6.03 Å². The number of nitrogens with zero attached hydrogens (tertiary/aromatic N) is 1. The lowest BCUT2D eigenvalue weighted by atomic mass is 10.3. The van der Waals surface area contributed by atoms with Gasteiger partial charge in [0.25, 0.3) is 0 Å². The first-order valence-corrected chi connectivity index (χ1v) is 3.87. The van der Waals surface area contributed by atoms with Crippen molar-refractivity contribution >= 4 is 6.03 Å². The van der Waals surface area contributed by atoms with Gasteiger partial charge in [-0.15, -0.1) is 0 Å². The van der Waals surface area contributed by atoms with Gasteiger partial charge in [-0.05, 0) is 17.8 Å². The van der Waals surface area contributed by atoms with Crippen LogP contribution in [0.25, 0.3) is 0 Å². The van der Waals surface area contributed by atoms with Crippen LogP contribution in [0.2, 0.25) is 0 Å². The number of hydrogen-bond acceptors (Lipinski definition) is 2. The van der Waals surface area contributed by atoms with Crippen LogP contribution >= 0.6 is 0 Å². The second kappa shape index (κ2) is 4.92. The first kappa shape index (κ1) is 9.25. The van der Waals surface area contributed by atoms with Crippen LogP contribution in [0.15, 0.2) is 37.3 Å². The van der Waals surface area contributed by atoms with E-state index >= 15 is 0 Å². The highest BCUT2D eigenvalue weighted by atomic mass is 16.2. The molecule has 2 N–H and O–H groups in total. The largest absolute Gasteiger partial charge is 0.334 e. The maximum atomic E-state index is 10.9. The summed E-state index contributed by atoms with van der Waals surface area (Å²) in [6.45, 7) is 3.84. The van der Waals surface area contributed by atoms with Gasteiger partial charge >= 0.3 is 6.03 Å². The normalized spacial score (nSPS) is 8.92. The second-order valence-electron chi connectivity index (χ2n) is 2.39. The molecule has 0 aliphatic heterocycles. The molecule has 1 heterocycles. The van der Waals surface area contributed by atoms with E-state index in [1.165, 1.54) is 6.20 Å². The number of rotatable bonds is 3. The first-order chi connectivity index (χ1) is 6.33. The number of nitrogens with one attached hydrogen (secondary N) is 2. The SMILES string of the molecule is C=CNC(=O)NCc1cccnc1. The number of urea groups is 1. The van der Waals surface area contributed by atoms with Gasteiger partial charge in [0.1, 0.15) is 0 Å². The van der Waals surface area contributed by atoms with E-state index in [0.29, 0.717) is 6.54 Å². The smallest absolute Gasteiger partial charge is 0.319 e. The zero-order valence-electron chi connectivity index (χ0n) is 7.16. The lowest BCUT2D eigenvalue weighted by Crippen LogP contribution is -2.31. The van der Waals surface area contributed by atoms with Gasteiger partial charge in [-0.2, -0.15) is 0 Å². The number of aromatic nitrogens is 1. The zero-order chi connectivity index (χ0) is 9.52. The van der Waals surface area contributed by atoms with Crippen LogP contribution < -0.4 is 10.6 Å². The molecule has 1 aromatic heterocycles. The average molecular weight is 177 g/mol. The van der Waals surface area contributed by atoms with E-state index in [2.05, 4.69) is 22.2 Å². The molecule has 0 unspecified atom stereocenters. The molecule has 0 bridgehead atoms. The molecule has 68 valence electrons. The van der Waals surface area contributed by atoms with Crippen molar-refractivity contribution in [2.24, 2.45) is 0 Å². The molecular formula is C9H11N3O. The van der Waals surface area contributed by atoms with E-state index in [1.54, 1.807) is 12.4 Å². The first-order valence-electron chi connectivity index (χ1n) is 3.87. The molecule has 0 aliphatic carbocycles. The fourth-order valence-corrected chi connectivity index (χ4v) is 0.829. The van der Waals surface area contributed by atoms with Crippen LogP contribution in [-0.2, 0) is 6.54 Å². The number of pyridine rings is 1. The Balaban J connectivity index is 2.35. The Kier molecular flexibility index (Phi) is 3.50. The molecule has 0 fully saturated rings. The van der Waals surface area contributed by atoms with Crippen molar-refractivity contribution in [2.75, 3.05) is 0 Å². The second-order valence-corrected chi connectivity index (χ2v) is 2.39. The summed E-state index contributed by atoms with van der Waals surface area (Å²) in [5.41, 5.74) is 0.960. The molecular weight excluding hydrogens is 166 g/mol. The van der Waals surface area contributed by atoms with Crippen LogP contribution in [0.1, 0.15) is 5.56 Å². The van der Waals surface area contributed by atoms with E-state index in [9.17, 15) is 4.79 Å². The summed E-state index contributed by atoms with van der Waals surface area (Å²) in [4.78, 5) is 14.8. The quantitative estimate of drug-likeness (QED) is 0.724. The molecule has 0 saturated heterocycles. The lowest BCUT2D eigenvalue weighted by molar-refractivity contribution is 0.244. The molecule has 0 aliphatic rings. The summed E-state index contributed by atoms with van der Waals surface area (Å²) in [5.74, 6) is 0. The van der Waals surface area contributed by atoms with Gasteiger partial charge in [0.2, 0.25) is 0 Å². The zero-order valence-corrected chi connectivity index (χ0v) is 7.16. The number of carbonyl (C=O) groups is 1. The van der Waals surface area contributed by atoms with Crippen molar-refractivity contribution in [1.82, 2.24) is 15.6 Å². The summed E-state index contributed by atoms with van der Waals surface area (Å²) >= 11 is 0. The van der Waals surface area contributed by atoms with Gasteiger partial charge < -0.3 is 10.6 Å². The minimum atomic E-state index is -0.265. The van der Waals surface area contributed by atoms with Crippen molar-refractivity contribution < 1.29 is 4.79 Å². The number of hydrogen-bond donors (Lipinski definition) is 2. The molecule has 0 saturated carbocycles. The summed E-state index contributed by atoms with van der Waals surface area (Å²) in [6.07, 6.45) is 4.72. The van der Waals surface area contributed by atoms with E-state index in [1.807, 2.05) is 12.1 Å².